The number of amides is 1. The lowest BCUT2D eigenvalue weighted by Gasteiger charge is -2.00. The minimum absolute atomic E-state index is 0.407. The molecule has 0 aliphatic rings. The quantitative estimate of drug-likeness (QED) is 0.744. The second kappa shape index (κ2) is 4.07. The maximum absolute atomic E-state index is 10.4. The van der Waals surface area contributed by atoms with Gasteiger partial charge in [-0.25, -0.2) is 0 Å². The van der Waals surface area contributed by atoms with Crippen molar-refractivity contribution in [2.75, 3.05) is 0 Å². The van der Waals surface area contributed by atoms with E-state index in [2.05, 4.69) is 17.9 Å². The molecule has 2 nitrogen and oxygen atoms in total. The van der Waals surface area contributed by atoms with Gasteiger partial charge in [-0.15, -0.1) is 0 Å². The van der Waals surface area contributed by atoms with Crippen LogP contribution in [0.1, 0.15) is 11.1 Å². The lowest BCUT2D eigenvalue weighted by molar-refractivity contribution is 0.260. The van der Waals surface area contributed by atoms with E-state index in [1.54, 1.807) is 0 Å². The Hall–Kier alpha value is -1.09. The Labute approximate surface area is 77.4 Å². The summed E-state index contributed by atoms with van der Waals surface area (Å²) >= 11 is 4.35. The zero-order valence-corrected chi connectivity index (χ0v) is 7.65. The van der Waals surface area contributed by atoms with E-state index < -0.39 is 5.24 Å². The smallest absolute Gasteiger partial charge is 0.310 e. The normalized spacial score (nSPS) is 9.42. The molecule has 0 saturated heterocycles. The molecule has 3 heteroatoms. The minimum Gasteiger partial charge on any atom is -0.339 e. The Balaban J connectivity index is 2.53. The average Bonchev–Trinajstić information content (AvgIpc) is 2.03. The summed E-state index contributed by atoms with van der Waals surface area (Å²) in [6.45, 7) is 2.54. The fourth-order valence-electron chi connectivity index (χ4n) is 0.880. The monoisotopic (exact) mass is 180 g/mol. The Morgan fingerprint density at radius 1 is 1.42 bits per heavy atom. The molecular weight excluding hydrogens is 170 g/mol. The van der Waals surface area contributed by atoms with Crippen molar-refractivity contribution in [2.24, 2.45) is 0 Å². The number of aryl methyl sites for hydroxylation is 1. The molecule has 1 N–H and O–H groups in total. The maximum Gasteiger partial charge on any atom is 0.310 e. The highest BCUT2D eigenvalue weighted by Crippen LogP contribution is 2.02. The number of carbonyl (C=O) groups excluding carboxylic acids is 1. The summed E-state index contributed by atoms with van der Waals surface area (Å²) in [5.41, 5.74) is 2.28. The first-order valence-electron chi connectivity index (χ1n) is 3.69. The van der Waals surface area contributed by atoms with Crippen LogP contribution in [-0.4, -0.2) is 5.24 Å². The summed E-state index contributed by atoms with van der Waals surface area (Å²) in [5.74, 6) is 0. The first-order chi connectivity index (χ1) is 5.68. The molecule has 0 aliphatic carbocycles. The van der Waals surface area contributed by atoms with E-state index in [-0.39, 0.29) is 0 Å². The van der Waals surface area contributed by atoms with Crippen molar-refractivity contribution in [3.63, 3.8) is 0 Å². The van der Waals surface area contributed by atoms with Crippen molar-refractivity contribution in [1.82, 2.24) is 5.32 Å². The van der Waals surface area contributed by atoms with Gasteiger partial charge in [-0.2, -0.15) is 0 Å². The molecule has 0 aliphatic heterocycles. The summed E-state index contributed by atoms with van der Waals surface area (Å²) in [6, 6.07) is 7.96. The van der Waals surface area contributed by atoms with Crippen molar-refractivity contribution in [3.05, 3.63) is 35.4 Å². The molecule has 0 spiro atoms. The molecule has 63 valence electrons. The third kappa shape index (κ3) is 2.88. The predicted molar refractivity (Wildman–Crippen MR) is 51.0 cm³/mol. The highest BCUT2D eigenvalue weighted by Gasteiger charge is 1.94. The number of nitrogens with one attached hydrogen (secondary N) is 1. The van der Waals surface area contributed by atoms with E-state index in [1.807, 2.05) is 31.2 Å². The van der Waals surface area contributed by atoms with Gasteiger partial charge >= 0.3 is 5.24 Å². The molecule has 12 heavy (non-hydrogen) atoms. The Kier molecular flexibility index (Phi) is 3.05. The zero-order chi connectivity index (χ0) is 8.97. The standard InChI is InChI=1S/C9H10NOS/c1-7-2-4-8(5-3-7)6-10-9(11)12/h2-5H,6H2,1H3,(H,10,11). The fourth-order valence-corrected chi connectivity index (χ4v) is 0.952. The summed E-state index contributed by atoms with van der Waals surface area (Å²) in [6.07, 6.45) is 0. The SMILES string of the molecule is Cc1ccc(CNC(=O)[S])cc1. The molecule has 0 unspecified atom stereocenters. The second-order valence-corrected chi connectivity index (χ2v) is 3.00. The second-order valence-electron chi connectivity index (χ2n) is 2.63. The van der Waals surface area contributed by atoms with Gasteiger partial charge in [-0.3, -0.25) is 4.79 Å². The summed E-state index contributed by atoms with van der Waals surface area (Å²) < 4.78 is 0. The van der Waals surface area contributed by atoms with Crippen LogP contribution in [0.15, 0.2) is 24.3 Å². The lowest BCUT2D eigenvalue weighted by Crippen LogP contribution is -2.15. The highest BCUT2D eigenvalue weighted by molar-refractivity contribution is 7.96. The summed E-state index contributed by atoms with van der Waals surface area (Å²) in [4.78, 5) is 10.4. The number of hydrogen-bond acceptors (Lipinski definition) is 1. The van der Waals surface area contributed by atoms with E-state index in [4.69, 9.17) is 0 Å². The van der Waals surface area contributed by atoms with Gasteiger partial charge in [0.1, 0.15) is 0 Å². The summed E-state index contributed by atoms with van der Waals surface area (Å²) in [7, 11) is 0. The van der Waals surface area contributed by atoms with Gasteiger partial charge in [0.25, 0.3) is 0 Å². The van der Waals surface area contributed by atoms with Gasteiger partial charge < -0.3 is 5.32 Å². The van der Waals surface area contributed by atoms with E-state index in [0.29, 0.717) is 6.54 Å². The molecule has 1 rings (SSSR count). The largest absolute Gasteiger partial charge is 0.339 e. The Bertz CT molecular complexity index is 268. The van der Waals surface area contributed by atoms with Crippen molar-refractivity contribution in [1.29, 1.82) is 0 Å². The fraction of sp³-hybridized carbons (Fsp3) is 0.222. The highest BCUT2D eigenvalue weighted by atomic mass is 32.1. The van der Waals surface area contributed by atoms with Crippen LogP contribution in [0.3, 0.4) is 0 Å². The zero-order valence-electron chi connectivity index (χ0n) is 6.83. The average molecular weight is 180 g/mol. The minimum atomic E-state index is -0.407. The van der Waals surface area contributed by atoms with Crippen LogP contribution in [0.4, 0.5) is 4.79 Å². The molecule has 0 fully saturated rings. The predicted octanol–water partition coefficient (Wildman–Crippen LogP) is 2.40. The van der Waals surface area contributed by atoms with Gasteiger partial charge in [-0.1, -0.05) is 29.8 Å². The number of benzene rings is 1. The van der Waals surface area contributed by atoms with Gasteiger partial charge in [0, 0.05) is 6.54 Å². The van der Waals surface area contributed by atoms with E-state index in [1.165, 1.54) is 5.56 Å². The number of hydrogen-bond donors (Lipinski definition) is 1. The molecule has 0 aromatic heterocycles. The molecule has 0 bridgehead atoms. The Morgan fingerprint density at radius 3 is 2.50 bits per heavy atom. The number of carbonyl (C=O) groups is 1. The molecule has 1 aromatic carbocycles. The third-order valence-corrected chi connectivity index (χ3v) is 1.70. The van der Waals surface area contributed by atoms with Crippen molar-refractivity contribution in [2.45, 2.75) is 13.5 Å². The topological polar surface area (TPSA) is 29.1 Å². The van der Waals surface area contributed by atoms with E-state index >= 15 is 0 Å². The van der Waals surface area contributed by atoms with Crippen LogP contribution in [0, 0.1) is 6.92 Å². The Morgan fingerprint density at radius 2 is 2.00 bits per heavy atom. The molecule has 0 atom stereocenters. The van der Waals surface area contributed by atoms with Gasteiger partial charge in [0.2, 0.25) is 0 Å². The van der Waals surface area contributed by atoms with Crippen molar-refractivity contribution in [3.8, 4) is 0 Å². The third-order valence-electron chi connectivity index (χ3n) is 1.56. The van der Waals surface area contributed by atoms with Gasteiger partial charge in [0.15, 0.2) is 0 Å². The van der Waals surface area contributed by atoms with E-state index in [9.17, 15) is 4.79 Å². The van der Waals surface area contributed by atoms with Crippen LogP contribution in [0.2, 0.25) is 0 Å². The van der Waals surface area contributed by atoms with E-state index in [0.717, 1.165) is 5.56 Å². The molecule has 1 radical (unpaired) electrons. The summed E-state index contributed by atoms with van der Waals surface area (Å²) in [5, 5.41) is 2.15. The molecule has 1 amide bonds. The van der Waals surface area contributed by atoms with Crippen LogP contribution in [-0.2, 0) is 6.54 Å². The molecule has 0 saturated carbocycles. The molecular formula is C9H10NOS. The van der Waals surface area contributed by atoms with Gasteiger partial charge in [-0.05, 0) is 25.1 Å². The molecule has 0 heterocycles. The van der Waals surface area contributed by atoms with Crippen molar-refractivity contribution >= 4 is 17.9 Å². The van der Waals surface area contributed by atoms with Crippen LogP contribution in [0.5, 0.6) is 0 Å². The molecule has 1 aromatic rings. The van der Waals surface area contributed by atoms with Crippen LogP contribution >= 0.6 is 12.6 Å². The number of rotatable bonds is 2. The maximum atomic E-state index is 10.4. The lowest BCUT2D eigenvalue weighted by atomic mass is 10.1. The van der Waals surface area contributed by atoms with Crippen molar-refractivity contribution < 1.29 is 4.79 Å². The van der Waals surface area contributed by atoms with Crippen LogP contribution < -0.4 is 5.32 Å². The van der Waals surface area contributed by atoms with Crippen LogP contribution in [0.25, 0.3) is 0 Å². The first kappa shape index (κ1) is 9.00. The first-order valence-corrected chi connectivity index (χ1v) is 4.09. The van der Waals surface area contributed by atoms with Gasteiger partial charge in [0.05, 0.1) is 0 Å².